The summed E-state index contributed by atoms with van der Waals surface area (Å²) in [6.45, 7) is 0.00184. The number of rotatable bonds is 12. The number of aliphatic carboxylic acids is 1. The predicted molar refractivity (Wildman–Crippen MR) is 168 cm³/mol. The van der Waals surface area contributed by atoms with Gasteiger partial charge < -0.3 is 34.9 Å². The van der Waals surface area contributed by atoms with E-state index in [9.17, 15) is 45.5 Å². The molecule has 274 valence electrons. The minimum atomic E-state index is -4.89. The molecule has 0 spiro atoms. The Hall–Kier alpha value is -5.68. The van der Waals surface area contributed by atoms with Crippen molar-refractivity contribution in [1.29, 1.82) is 0 Å². The van der Waals surface area contributed by atoms with E-state index in [1.807, 2.05) is 0 Å². The van der Waals surface area contributed by atoms with Crippen LogP contribution in [-0.2, 0) is 16.1 Å². The molecule has 4 rings (SSSR count). The van der Waals surface area contributed by atoms with E-state index in [1.54, 1.807) is 12.1 Å². The van der Waals surface area contributed by atoms with Crippen LogP contribution in [0.5, 0.6) is 11.5 Å². The minimum Gasteiger partial charge on any atom is -0.481 e. The van der Waals surface area contributed by atoms with Gasteiger partial charge >= 0.3 is 30.8 Å². The largest absolute Gasteiger partial charge is 0.573 e. The van der Waals surface area contributed by atoms with E-state index in [0.717, 1.165) is 24.3 Å². The number of nitrogens with zero attached hydrogens (tertiary/aromatic N) is 1. The summed E-state index contributed by atoms with van der Waals surface area (Å²) in [5.41, 5.74) is 1.26. The molecule has 0 atom stereocenters. The summed E-state index contributed by atoms with van der Waals surface area (Å²) < 4.78 is 88.1. The van der Waals surface area contributed by atoms with Crippen LogP contribution in [-0.4, -0.2) is 65.4 Å². The first kappa shape index (κ1) is 38.1. The first-order valence-corrected chi connectivity index (χ1v) is 15.4. The number of hydrogen-bond acceptors (Lipinski definition) is 7. The molecule has 18 heteroatoms. The zero-order chi connectivity index (χ0) is 37.2. The van der Waals surface area contributed by atoms with Crippen molar-refractivity contribution in [1.82, 2.24) is 10.2 Å². The number of carbonyl (C=O) groups excluding carboxylic acids is 3. The van der Waals surface area contributed by atoms with Crippen molar-refractivity contribution in [3.63, 3.8) is 0 Å². The van der Waals surface area contributed by atoms with Crippen molar-refractivity contribution >= 4 is 35.4 Å². The number of carbonyl (C=O) groups is 4. The zero-order valence-corrected chi connectivity index (χ0v) is 26.6. The maximum absolute atomic E-state index is 13.6. The summed E-state index contributed by atoms with van der Waals surface area (Å²) in [5.74, 6) is -2.48. The number of hydrogen-bond donors (Lipinski definition) is 4. The van der Waals surface area contributed by atoms with E-state index in [4.69, 9.17) is 9.84 Å². The van der Waals surface area contributed by atoms with E-state index in [-0.39, 0.29) is 42.5 Å². The molecule has 0 unspecified atom stereocenters. The molecule has 3 aromatic carbocycles. The number of nitrogens with one attached hydrogen (secondary N) is 3. The molecule has 0 aromatic heterocycles. The summed E-state index contributed by atoms with van der Waals surface area (Å²) >= 11 is 0. The summed E-state index contributed by atoms with van der Waals surface area (Å²) in [5, 5.41) is 16.4. The monoisotopic (exact) mass is 726 g/mol. The number of alkyl halides is 6. The van der Waals surface area contributed by atoms with Crippen molar-refractivity contribution in [3.05, 3.63) is 83.9 Å². The van der Waals surface area contributed by atoms with Gasteiger partial charge in [0.2, 0.25) is 0 Å². The standard InChI is InChI=1S/C33H32F6N4O8/c34-32(35,36)50-26-11-5-22(6-12-26)41-30(47)43(19-20-1-3-21(4-2-20)29(46)40-18-17-28(44)45)24-9-15-25(16-10-24)49-31(48)42-23-7-13-27(14-8-23)51-33(37,38)39/h1-8,11-14,24-25H,9-10,15-19H2,(H,40,46)(H,41,47)(H,42,48)(H,44,45). The van der Waals surface area contributed by atoms with Gasteiger partial charge in [0, 0.05) is 36.1 Å². The Bertz CT molecular complexity index is 1640. The summed E-state index contributed by atoms with van der Waals surface area (Å²) in [6.07, 6.45) is -9.91. The van der Waals surface area contributed by atoms with Gasteiger partial charge in [0.15, 0.2) is 0 Å². The number of urea groups is 1. The number of halogens is 6. The number of anilines is 2. The van der Waals surface area contributed by atoms with Crippen LogP contribution < -0.4 is 25.4 Å². The Labute approximate surface area is 286 Å². The average Bonchev–Trinajstić information content (AvgIpc) is 3.04. The van der Waals surface area contributed by atoms with Gasteiger partial charge in [-0.1, -0.05) is 12.1 Å². The fraction of sp³-hybridized carbons (Fsp3) is 0.333. The fourth-order valence-corrected chi connectivity index (χ4v) is 5.16. The van der Waals surface area contributed by atoms with E-state index < -0.39 is 54.3 Å². The molecule has 4 N–H and O–H groups in total. The van der Waals surface area contributed by atoms with Gasteiger partial charge in [-0.15, -0.1) is 26.3 Å². The maximum atomic E-state index is 13.6. The molecule has 0 aliphatic heterocycles. The highest BCUT2D eigenvalue weighted by atomic mass is 19.4. The molecule has 51 heavy (non-hydrogen) atoms. The highest BCUT2D eigenvalue weighted by Crippen LogP contribution is 2.29. The second kappa shape index (κ2) is 16.8. The van der Waals surface area contributed by atoms with Gasteiger partial charge in [-0.3, -0.25) is 14.9 Å². The lowest BCUT2D eigenvalue weighted by atomic mass is 9.91. The average molecular weight is 727 g/mol. The lowest BCUT2D eigenvalue weighted by Gasteiger charge is -2.36. The lowest BCUT2D eigenvalue weighted by molar-refractivity contribution is -0.275. The van der Waals surface area contributed by atoms with Gasteiger partial charge in [-0.2, -0.15) is 0 Å². The first-order valence-electron chi connectivity index (χ1n) is 15.4. The second-order valence-electron chi connectivity index (χ2n) is 11.3. The number of carboxylic acids is 1. The van der Waals surface area contributed by atoms with Crippen LogP contribution in [0.1, 0.15) is 48.0 Å². The Kier molecular flexibility index (Phi) is 12.6. The summed E-state index contributed by atoms with van der Waals surface area (Å²) in [7, 11) is 0. The van der Waals surface area contributed by atoms with Gasteiger partial charge in [0.1, 0.15) is 17.6 Å². The molecular formula is C33H32F6N4O8. The van der Waals surface area contributed by atoms with Crippen molar-refractivity contribution in [2.75, 3.05) is 17.2 Å². The third-order valence-electron chi connectivity index (χ3n) is 7.49. The number of ether oxygens (including phenoxy) is 3. The molecule has 0 radical (unpaired) electrons. The van der Waals surface area contributed by atoms with Crippen molar-refractivity contribution < 1.29 is 64.8 Å². The highest BCUT2D eigenvalue weighted by Gasteiger charge is 2.33. The molecule has 1 fully saturated rings. The SMILES string of the molecule is O=C(O)CCNC(=O)c1ccc(CN(C(=O)Nc2ccc(OC(F)(F)F)cc2)C2CCC(OC(=O)Nc3ccc(OC(F)(F)F)cc3)CC2)cc1. The molecule has 3 aromatic rings. The fourth-order valence-electron chi connectivity index (χ4n) is 5.16. The molecule has 12 nitrogen and oxygen atoms in total. The molecule has 1 aliphatic carbocycles. The Balaban J connectivity index is 1.39. The van der Waals surface area contributed by atoms with Crippen LogP contribution in [0, 0.1) is 0 Å². The van der Waals surface area contributed by atoms with E-state index in [2.05, 4.69) is 25.4 Å². The Morgan fingerprint density at radius 3 is 1.73 bits per heavy atom. The molecule has 4 amide bonds. The highest BCUT2D eigenvalue weighted by molar-refractivity contribution is 5.94. The lowest BCUT2D eigenvalue weighted by Crippen LogP contribution is -2.45. The summed E-state index contributed by atoms with van der Waals surface area (Å²) in [6, 6.07) is 14.4. The van der Waals surface area contributed by atoms with E-state index in [0.29, 0.717) is 31.2 Å². The van der Waals surface area contributed by atoms with Crippen LogP contribution in [0.25, 0.3) is 0 Å². The molecule has 0 saturated heterocycles. The van der Waals surface area contributed by atoms with Crippen molar-refractivity contribution in [2.45, 2.75) is 63.5 Å². The molecular weight excluding hydrogens is 694 g/mol. The van der Waals surface area contributed by atoms with E-state index in [1.165, 1.54) is 41.3 Å². The third-order valence-corrected chi connectivity index (χ3v) is 7.49. The first-order chi connectivity index (χ1) is 24.0. The van der Waals surface area contributed by atoms with Gasteiger partial charge in [0.05, 0.1) is 6.42 Å². The van der Waals surface area contributed by atoms with Crippen LogP contribution in [0.15, 0.2) is 72.8 Å². The quantitative estimate of drug-likeness (QED) is 0.142. The molecule has 1 aliphatic rings. The Morgan fingerprint density at radius 2 is 1.24 bits per heavy atom. The minimum absolute atomic E-state index is 0.0604. The van der Waals surface area contributed by atoms with Crippen molar-refractivity contribution in [2.24, 2.45) is 0 Å². The third kappa shape index (κ3) is 12.9. The van der Waals surface area contributed by atoms with Gasteiger partial charge in [-0.05, 0) is 91.9 Å². The van der Waals surface area contributed by atoms with Gasteiger partial charge in [0.25, 0.3) is 5.91 Å². The van der Waals surface area contributed by atoms with Gasteiger partial charge in [-0.25, -0.2) is 9.59 Å². The van der Waals surface area contributed by atoms with Crippen LogP contribution in [0.2, 0.25) is 0 Å². The smallest absolute Gasteiger partial charge is 0.481 e. The van der Waals surface area contributed by atoms with Crippen molar-refractivity contribution in [3.8, 4) is 11.5 Å². The normalized spacial score (nSPS) is 16.0. The molecule has 0 bridgehead atoms. The second-order valence-corrected chi connectivity index (χ2v) is 11.3. The molecule has 1 saturated carbocycles. The topological polar surface area (TPSA) is 156 Å². The maximum Gasteiger partial charge on any atom is 0.573 e. The predicted octanol–water partition coefficient (Wildman–Crippen LogP) is 7.28. The van der Waals surface area contributed by atoms with Crippen LogP contribution in [0.4, 0.5) is 47.3 Å². The molecule has 0 heterocycles. The number of amides is 4. The number of carboxylic acid groups (broad SMARTS) is 1. The summed E-state index contributed by atoms with van der Waals surface area (Å²) in [4.78, 5) is 50.6. The number of benzene rings is 3. The Morgan fingerprint density at radius 1 is 0.725 bits per heavy atom. The van der Waals surface area contributed by atoms with Crippen LogP contribution >= 0.6 is 0 Å². The van der Waals surface area contributed by atoms with E-state index >= 15 is 0 Å². The zero-order valence-electron chi connectivity index (χ0n) is 26.6. The van der Waals surface area contributed by atoms with Crippen LogP contribution in [0.3, 0.4) is 0 Å².